The molecule has 1 aromatic carbocycles. The van der Waals surface area contributed by atoms with Crippen molar-refractivity contribution in [3.05, 3.63) is 28.8 Å². The SMILES string of the molecule is CC1(CNc2cc(Cl)ccc2C(=O)O)CCCS1. The highest BCUT2D eigenvalue weighted by Crippen LogP contribution is 2.38. The van der Waals surface area contributed by atoms with Gasteiger partial charge in [-0.3, -0.25) is 0 Å². The predicted molar refractivity (Wildman–Crippen MR) is 77.0 cm³/mol. The average Bonchev–Trinajstić information content (AvgIpc) is 2.74. The molecule has 1 aromatic rings. The first-order valence-electron chi connectivity index (χ1n) is 5.91. The summed E-state index contributed by atoms with van der Waals surface area (Å²) in [5.74, 6) is 0.248. The lowest BCUT2D eigenvalue weighted by Crippen LogP contribution is -2.27. The summed E-state index contributed by atoms with van der Waals surface area (Å²) in [6.45, 7) is 2.97. The molecule has 1 heterocycles. The third-order valence-corrected chi connectivity index (χ3v) is 4.94. The lowest BCUT2D eigenvalue weighted by Gasteiger charge is -2.24. The Morgan fingerprint density at radius 2 is 2.39 bits per heavy atom. The lowest BCUT2D eigenvalue weighted by atomic mass is 10.1. The van der Waals surface area contributed by atoms with Gasteiger partial charge in [0.25, 0.3) is 0 Å². The number of rotatable bonds is 4. The molecule has 3 nitrogen and oxygen atoms in total. The van der Waals surface area contributed by atoms with Crippen LogP contribution in [0.5, 0.6) is 0 Å². The molecule has 5 heteroatoms. The van der Waals surface area contributed by atoms with E-state index in [1.165, 1.54) is 18.2 Å². The Labute approximate surface area is 116 Å². The first-order chi connectivity index (χ1) is 8.50. The van der Waals surface area contributed by atoms with Crippen LogP contribution in [0.3, 0.4) is 0 Å². The maximum atomic E-state index is 11.1. The quantitative estimate of drug-likeness (QED) is 0.885. The molecule has 2 N–H and O–H groups in total. The summed E-state index contributed by atoms with van der Waals surface area (Å²) < 4.78 is 0.193. The van der Waals surface area contributed by atoms with Crippen LogP contribution in [0, 0.1) is 0 Å². The molecule has 0 aliphatic carbocycles. The van der Waals surface area contributed by atoms with Crippen molar-refractivity contribution in [3.8, 4) is 0 Å². The van der Waals surface area contributed by atoms with Gasteiger partial charge in [-0.15, -0.1) is 0 Å². The predicted octanol–water partition coefficient (Wildman–Crippen LogP) is 3.74. The molecule has 98 valence electrons. The van der Waals surface area contributed by atoms with Gasteiger partial charge in [0.15, 0.2) is 0 Å². The van der Waals surface area contributed by atoms with E-state index in [1.807, 2.05) is 11.8 Å². The van der Waals surface area contributed by atoms with E-state index in [4.69, 9.17) is 16.7 Å². The fraction of sp³-hybridized carbons (Fsp3) is 0.462. The Morgan fingerprint density at radius 1 is 1.61 bits per heavy atom. The lowest BCUT2D eigenvalue weighted by molar-refractivity contribution is 0.0698. The maximum Gasteiger partial charge on any atom is 0.337 e. The highest BCUT2D eigenvalue weighted by molar-refractivity contribution is 8.00. The molecule has 1 aliphatic rings. The molecule has 0 amide bonds. The van der Waals surface area contributed by atoms with Crippen molar-refractivity contribution in [3.63, 3.8) is 0 Å². The second kappa shape index (κ2) is 5.41. The Bertz CT molecular complexity index is 458. The highest BCUT2D eigenvalue weighted by Gasteiger charge is 2.29. The minimum absolute atomic E-state index is 0.193. The second-order valence-corrected chi connectivity index (χ2v) is 6.87. The number of aromatic carboxylic acids is 1. The minimum Gasteiger partial charge on any atom is -0.478 e. The number of carboxylic acids is 1. The largest absolute Gasteiger partial charge is 0.478 e. The van der Waals surface area contributed by atoms with Gasteiger partial charge in [-0.05, 0) is 43.7 Å². The summed E-state index contributed by atoms with van der Waals surface area (Å²) in [4.78, 5) is 11.1. The molecular formula is C13H16ClNO2S. The van der Waals surface area contributed by atoms with Crippen molar-refractivity contribution in [2.24, 2.45) is 0 Å². The smallest absolute Gasteiger partial charge is 0.337 e. The van der Waals surface area contributed by atoms with E-state index in [1.54, 1.807) is 12.1 Å². The van der Waals surface area contributed by atoms with Gasteiger partial charge < -0.3 is 10.4 Å². The second-order valence-electron chi connectivity index (χ2n) is 4.75. The summed E-state index contributed by atoms with van der Waals surface area (Å²) in [7, 11) is 0. The Morgan fingerprint density at radius 3 is 3.00 bits per heavy atom. The summed E-state index contributed by atoms with van der Waals surface area (Å²) in [6, 6.07) is 4.81. The standard InChI is InChI=1S/C13H16ClNO2S/c1-13(5-2-6-18-13)8-15-11-7-9(14)3-4-10(11)12(16)17/h3-4,7,15H,2,5-6,8H2,1H3,(H,16,17). The number of carbonyl (C=O) groups is 1. The van der Waals surface area contributed by atoms with Crippen LogP contribution in [0.1, 0.15) is 30.1 Å². The molecule has 1 unspecified atom stereocenters. The van der Waals surface area contributed by atoms with Gasteiger partial charge in [-0.1, -0.05) is 11.6 Å². The van der Waals surface area contributed by atoms with Crippen molar-refractivity contribution in [1.29, 1.82) is 0 Å². The number of nitrogens with one attached hydrogen (secondary N) is 1. The monoisotopic (exact) mass is 285 g/mol. The average molecular weight is 286 g/mol. The van der Waals surface area contributed by atoms with Crippen LogP contribution in [0.2, 0.25) is 5.02 Å². The van der Waals surface area contributed by atoms with E-state index in [2.05, 4.69) is 12.2 Å². The van der Waals surface area contributed by atoms with Crippen molar-refractivity contribution < 1.29 is 9.90 Å². The number of carboxylic acid groups (broad SMARTS) is 1. The number of halogens is 1. The molecule has 1 saturated heterocycles. The van der Waals surface area contributed by atoms with Crippen molar-refractivity contribution in [2.45, 2.75) is 24.5 Å². The van der Waals surface area contributed by atoms with Gasteiger partial charge in [0.1, 0.15) is 0 Å². The maximum absolute atomic E-state index is 11.1. The number of anilines is 1. The first-order valence-corrected chi connectivity index (χ1v) is 7.27. The number of benzene rings is 1. The summed E-state index contributed by atoms with van der Waals surface area (Å²) in [5, 5.41) is 12.9. The minimum atomic E-state index is -0.932. The zero-order valence-electron chi connectivity index (χ0n) is 10.2. The fourth-order valence-electron chi connectivity index (χ4n) is 2.11. The summed E-state index contributed by atoms with van der Waals surface area (Å²) >= 11 is 7.85. The summed E-state index contributed by atoms with van der Waals surface area (Å²) in [6.07, 6.45) is 2.39. The summed E-state index contributed by atoms with van der Waals surface area (Å²) in [5.41, 5.74) is 0.870. The molecule has 0 aromatic heterocycles. The molecule has 2 rings (SSSR count). The van der Waals surface area contributed by atoms with Gasteiger partial charge in [-0.2, -0.15) is 11.8 Å². The van der Waals surface area contributed by atoms with E-state index >= 15 is 0 Å². The van der Waals surface area contributed by atoms with Crippen LogP contribution in [-0.2, 0) is 0 Å². The van der Waals surface area contributed by atoms with Crippen LogP contribution in [0.15, 0.2) is 18.2 Å². The van der Waals surface area contributed by atoms with Crippen molar-refractivity contribution >= 4 is 35.0 Å². The zero-order valence-corrected chi connectivity index (χ0v) is 11.8. The van der Waals surface area contributed by atoms with Gasteiger partial charge in [0.2, 0.25) is 0 Å². The van der Waals surface area contributed by atoms with E-state index in [0.717, 1.165) is 13.0 Å². The zero-order chi connectivity index (χ0) is 13.2. The van der Waals surface area contributed by atoms with E-state index in [-0.39, 0.29) is 10.3 Å². The van der Waals surface area contributed by atoms with Gasteiger partial charge in [0, 0.05) is 16.3 Å². The Hall–Kier alpha value is -0.870. The van der Waals surface area contributed by atoms with E-state index < -0.39 is 5.97 Å². The van der Waals surface area contributed by atoms with Gasteiger partial charge >= 0.3 is 5.97 Å². The van der Waals surface area contributed by atoms with Gasteiger partial charge in [-0.25, -0.2) is 4.79 Å². The molecule has 1 aliphatic heterocycles. The number of thioether (sulfide) groups is 1. The third kappa shape index (κ3) is 3.12. The fourth-order valence-corrected chi connectivity index (χ4v) is 3.52. The molecule has 1 atom stereocenters. The number of hydrogen-bond donors (Lipinski definition) is 2. The van der Waals surface area contributed by atoms with Crippen molar-refractivity contribution in [2.75, 3.05) is 17.6 Å². The first kappa shape index (κ1) is 13.6. The molecule has 1 fully saturated rings. The normalized spacial score (nSPS) is 23.0. The van der Waals surface area contributed by atoms with Crippen LogP contribution in [0.25, 0.3) is 0 Å². The molecule has 0 saturated carbocycles. The molecule has 18 heavy (non-hydrogen) atoms. The third-order valence-electron chi connectivity index (χ3n) is 3.17. The van der Waals surface area contributed by atoms with Crippen molar-refractivity contribution in [1.82, 2.24) is 0 Å². The topological polar surface area (TPSA) is 49.3 Å². The van der Waals surface area contributed by atoms with Crippen LogP contribution < -0.4 is 5.32 Å². The molecule has 0 spiro atoms. The van der Waals surface area contributed by atoms with Crippen LogP contribution in [-0.4, -0.2) is 28.1 Å². The molecular weight excluding hydrogens is 270 g/mol. The van der Waals surface area contributed by atoms with E-state index in [0.29, 0.717) is 10.7 Å². The molecule has 0 radical (unpaired) electrons. The highest BCUT2D eigenvalue weighted by atomic mass is 35.5. The van der Waals surface area contributed by atoms with Gasteiger partial charge in [0.05, 0.1) is 11.3 Å². The Balaban J connectivity index is 2.12. The van der Waals surface area contributed by atoms with Crippen LogP contribution in [0.4, 0.5) is 5.69 Å². The Kier molecular flexibility index (Phi) is 4.07. The number of hydrogen-bond acceptors (Lipinski definition) is 3. The van der Waals surface area contributed by atoms with E-state index in [9.17, 15) is 4.79 Å². The molecule has 0 bridgehead atoms. The van der Waals surface area contributed by atoms with Crippen LogP contribution >= 0.6 is 23.4 Å².